The molecule has 1 saturated heterocycles. The second-order valence-corrected chi connectivity index (χ2v) is 16.2. The van der Waals surface area contributed by atoms with Gasteiger partial charge in [-0.2, -0.15) is 0 Å². The van der Waals surface area contributed by atoms with E-state index in [0.29, 0.717) is 0 Å². The third-order valence-electron chi connectivity index (χ3n) is 5.08. The quantitative estimate of drug-likeness (QED) is 0.526. The van der Waals surface area contributed by atoms with Crippen LogP contribution in [0, 0.1) is 5.92 Å². The molecule has 2 aliphatic rings. The molecule has 0 bridgehead atoms. The number of nitrogens with zero attached hydrogens (tertiary/aromatic N) is 1. The van der Waals surface area contributed by atoms with Crippen molar-refractivity contribution in [2.75, 3.05) is 0 Å². The lowest BCUT2D eigenvalue weighted by Gasteiger charge is -2.48. The fourth-order valence-electron chi connectivity index (χ4n) is 2.75. The van der Waals surface area contributed by atoms with Crippen LogP contribution < -0.4 is 0 Å². The maximum absolute atomic E-state index is 12.7. The van der Waals surface area contributed by atoms with Crippen LogP contribution in [0.4, 0.5) is 0 Å². The average molecular weight is 404 g/mol. The van der Waals surface area contributed by atoms with E-state index in [4.69, 9.17) is 4.43 Å². The fraction of sp³-hybridized carbons (Fsp3) is 0.765. The largest absolute Gasteiger partial charge is 0.477 e. The van der Waals surface area contributed by atoms with E-state index >= 15 is 0 Å². The van der Waals surface area contributed by atoms with Crippen molar-refractivity contribution in [1.29, 1.82) is 0 Å². The van der Waals surface area contributed by atoms with Crippen LogP contribution in [0.15, 0.2) is 9.93 Å². The smallest absolute Gasteiger partial charge is 0.354 e. The van der Waals surface area contributed by atoms with Crippen LogP contribution in [0.5, 0.6) is 0 Å². The van der Waals surface area contributed by atoms with Crippen LogP contribution >= 0.6 is 23.5 Å². The Kier molecular flexibility index (Phi) is 5.79. The van der Waals surface area contributed by atoms with Gasteiger partial charge in [-0.1, -0.05) is 46.4 Å². The molecule has 1 amide bonds. The minimum absolute atomic E-state index is 0.0691. The third-order valence-corrected chi connectivity index (χ3v) is 12.3. The van der Waals surface area contributed by atoms with E-state index < -0.39 is 14.3 Å². The number of β-lactam (4-membered cyclic amide) rings is 1. The third kappa shape index (κ3) is 3.82. The lowest BCUT2D eigenvalue weighted by molar-refractivity contribution is -0.156. The van der Waals surface area contributed by atoms with Gasteiger partial charge in [0.1, 0.15) is 5.37 Å². The zero-order chi connectivity index (χ0) is 19.3. The number of hydrogen-bond donors (Lipinski definition) is 1. The first-order valence-electron chi connectivity index (χ1n) is 8.59. The molecule has 2 rings (SSSR count). The molecule has 8 heteroatoms. The van der Waals surface area contributed by atoms with Gasteiger partial charge in [0.15, 0.2) is 14.0 Å². The number of carboxylic acids is 1. The summed E-state index contributed by atoms with van der Waals surface area (Å²) >= 11 is 3.02. The normalized spacial score (nSPS) is 25.3. The van der Waals surface area contributed by atoms with Crippen LogP contribution in [-0.2, 0) is 14.0 Å². The molecule has 1 N–H and O–H groups in total. The Bertz CT molecular complexity index is 612. The number of thioether (sulfide) groups is 2. The van der Waals surface area contributed by atoms with E-state index in [9.17, 15) is 14.7 Å². The highest BCUT2D eigenvalue weighted by Gasteiger charge is 2.59. The molecule has 0 spiro atoms. The van der Waals surface area contributed by atoms with Crippen LogP contribution in [0.25, 0.3) is 0 Å². The van der Waals surface area contributed by atoms with Gasteiger partial charge in [0.2, 0.25) is 5.91 Å². The summed E-state index contributed by atoms with van der Waals surface area (Å²) in [6.45, 7) is 16.9. The summed E-state index contributed by atoms with van der Waals surface area (Å²) in [6, 6.07) is 0. The van der Waals surface area contributed by atoms with Crippen molar-refractivity contribution < 1.29 is 19.1 Å². The second kappa shape index (κ2) is 6.94. The van der Waals surface area contributed by atoms with Crippen molar-refractivity contribution in [1.82, 2.24) is 4.90 Å². The molecular weight excluding hydrogens is 374 g/mol. The van der Waals surface area contributed by atoms with Gasteiger partial charge in [-0.05, 0) is 25.1 Å². The Morgan fingerprint density at radius 2 is 1.88 bits per heavy atom. The minimum atomic E-state index is -1.98. The number of carbonyl (C=O) groups is 2. The number of hydrogen-bond acceptors (Lipinski definition) is 5. The summed E-state index contributed by atoms with van der Waals surface area (Å²) in [6.07, 6.45) is -0.208. The second-order valence-electron chi connectivity index (χ2n) is 8.43. The van der Waals surface area contributed by atoms with Crippen LogP contribution in [0.1, 0.15) is 41.5 Å². The van der Waals surface area contributed by atoms with Gasteiger partial charge >= 0.3 is 5.97 Å². The van der Waals surface area contributed by atoms with E-state index in [0.717, 1.165) is 4.24 Å². The summed E-state index contributed by atoms with van der Waals surface area (Å²) in [5.74, 6) is -1.43. The number of amides is 1. The maximum atomic E-state index is 12.7. The van der Waals surface area contributed by atoms with E-state index in [-0.39, 0.29) is 39.3 Å². The summed E-state index contributed by atoms with van der Waals surface area (Å²) in [5.41, 5.74) is 0.148. The van der Waals surface area contributed by atoms with E-state index in [1.807, 2.05) is 20.8 Å². The average Bonchev–Trinajstić information content (AvgIpc) is 2.70. The van der Waals surface area contributed by atoms with E-state index in [2.05, 4.69) is 33.9 Å². The van der Waals surface area contributed by atoms with Crippen molar-refractivity contribution in [3.63, 3.8) is 0 Å². The van der Waals surface area contributed by atoms with Crippen molar-refractivity contribution in [2.45, 2.75) is 76.4 Å². The Balaban J connectivity index is 2.17. The molecule has 0 radical (unpaired) electrons. The predicted octanol–water partition coefficient (Wildman–Crippen LogP) is 4.32. The molecule has 1 fully saturated rings. The first-order chi connectivity index (χ1) is 11.3. The molecule has 0 saturated carbocycles. The highest BCUT2D eigenvalue weighted by atomic mass is 32.2. The van der Waals surface area contributed by atoms with Gasteiger partial charge in [0.05, 0.1) is 16.3 Å². The molecule has 3 atom stereocenters. The summed E-state index contributed by atoms with van der Waals surface area (Å²) in [5, 5.41) is 9.74. The van der Waals surface area contributed by atoms with Crippen LogP contribution in [-0.4, -0.2) is 46.9 Å². The number of aliphatic carboxylic acids is 1. The number of rotatable bonds is 6. The van der Waals surface area contributed by atoms with Gasteiger partial charge in [-0.15, -0.1) is 11.8 Å². The minimum Gasteiger partial charge on any atom is -0.477 e. The van der Waals surface area contributed by atoms with Gasteiger partial charge in [-0.3, -0.25) is 9.69 Å². The molecular formula is C17H29NO4S2Si. The van der Waals surface area contributed by atoms with Gasteiger partial charge in [-0.25, -0.2) is 4.79 Å². The standard InChI is InChI=1S/C17H29NO4S2Si/c1-9(2)23-16-12(15(20)21)18-13(19)11(14(18)24-16)10(3)22-25(7,8)17(4,5)6/h9-11,14H,1-8H3,(H,20,21)/t10-,11+,14+/m0/s1. The highest BCUT2D eigenvalue weighted by molar-refractivity contribution is 8.23. The predicted molar refractivity (Wildman–Crippen MR) is 107 cm³/mol. The summed E-state index contributed by atoms with van der Waals surface area (Å²) in [7, 11) is -1.98. The van der Waals surface area contributed by atoms with E-state index in [1.165, 1.54) is 28.4 Å². The Morgan fingerprint density at radius 3 is 2.32 bits per heavy atom. The molecule has 0 aromatic heterocycles. The van der Waals surface area contributed by atoms with Crippen molar-refractivity contribution in [2.24, 2.45) is 5.92 Å². The van der Waals surface area contributed by atoms with Crippen molar-refractivity contribution in [3.05, 3.63) is 9.93 Å². The maximum Gasteiger partial charge on any atom is 0.354 e. The lowest BCUT2D eigenvalue weighted by Crippen LogP contribution is -2.62. The molecule has 0 aromatic carbocycles. The first kappa shape index (κ1) is 20.9. The first-order valence-corrected chi connectivity index (χ1v) is 13.3. The Hall–Kier alpha value is -0.443. The molecule has 142 valence electrons. The molecule has 2 aliphatic heterocycles. The van der Waals surface area contributed by atoms with Crippen LogP contribution in [0.2, 0.25) is 18.1 Å². The molecule has 0 aliphatic carbocycles. The zero-order valence-corrected chi connectivity index (χ0v) is 18.9. The SMILES string of the molecule is CC(C)SC1=C(C(=O)O)N2C(=O)[C@@H]([C@H](C)O[Si](C)(C)C(C)(C)C)[C@H]2S1. The Labute approximate surface area is 160 Å². The Morgan fingerprint density at radius 1 is 1.32 bits per heavy atom. The number of fused-ring (bicyclic) bond motifs is 1. The summed E-state index contributed by atoms with van der Waals surface area (Å²) in [4.78, 5) is 25.8. The number of carboxylic acid groups (broad SMARTS) is 1. The van der Waals surface area contributed by atoms with Gasteiger partial charge < -0.3 is 9.53 Å². The van der Waals surface area contributed by atoms with Gasteiger partial charge in [0, 0.05) is 5.25 Å². The lowest BCUT2D eigenvalue weighted by atomic mass is 9.92. The van der Waals surface area contributed by atoms with Crippen molar-refractivity contribution >= 4 is 43.7 Å². The summed E-state index contributed by atoms with van der Waals surface area (Å²) < 4.78 is 7.14. The van der Waals surface area contributed by atoms with E-state index in [1.54, 1.807) is 0 Å². The monoisotopic (exact) mass is 403 g/mol. The molecule has 2 heterocycles. The highest BCUT2D eigenvalue weighted by Crippen LogP contribution is 2.55. The molecule has 0 aromatic rings. The molecule has 5 nitrogen and oxygen atoms in total. The molecule has 0 unspecified atom stereocenters. The fourth-order valence-corrected chi connectivity index (χ4v) is 7.32. The van der Waals surface area contributed by atoms with Gasteiger partial charge in [0.25, 0.3) is 0 Å². The zero-order valence-electron chi connectivity index (χ0n) is 16.2. The number of carbonyl (C=O) groups excluding carboxylic acids is 1. The molecule has 25 heavy (non-hydrogen) atoms. The van der Waals surface area contributed by atoms with Crippen molar-refractivity contribution in [3.8, 4) is 0 Å². The van der Waals surface area contributed by atoms with Crippen LogP contribution in [0.3, 0.4) is 0 Å². The topological polar surface area (TPSA) is 66.8 Å².